The number of nitrogens with zero attached hydrogens (tertiary/aromatic N) is 1. The van der Waals surface area contributed by atoms with Gasteiger partial charge in [0.15, 0.2) is 0 Å². The Bertz CT molecular complexity index is 574. The highest BCUT2D eigenvalue weighted by Gasteiger charge is 2.26. The highest BCUT2D eigenvalue weighted by atomic mass is 16.4. The number of aliphatic carboxylic acids is 1. The molecule has 2 aromatic rings. The number of hydrogen-bond donors (Lipinski definition) is 2. The van der Waals surface area contributed by atoms with Gasteiger partial charge in [-0.15, -0.1) is 0 Å². The highest BCUT2D eigenvalue weighted by molar-refractivity contribution is 5.82. The van der Waals surface area contributed by atoms with E-state index in [-0.39, 0.29) is 0 Å². The number of nitrogens with one attached hydrogen (secondary N) is 1. The molecular formula is C14H16N2O2. The lowest BCUT2D eigenvalue weighted by Crippen LogP contribution is -2.46. The number of carboxylic acids is 1. The Hall–Kier alpha value is -1.94. The zero-order chi connectivity index (χ0) is 13.2. The lowest BCUT2D eigenvalue weighted by atomic mass is 10.0. The largest absolute Gasteiger partial charge is 0.480 e. The molecule has 0 amide bonds. The minimum atomic E-state index is -0.947. The lowest BCUT2D eigenvalue weighted by molar-refractivity contribution is -0.143. The van der Waals surface area contributed by atoms with Crippen molar-refractivity contribution in [1.82, 2.24) is 10.3 Å². The molecule has 1 aromatic heterocycles. The third-order valence-corrected chi connectivity index (χ3v) is 2.97. The van der Waals surface area contributed by atoms with Gasteiger partial charge in [0, 0.05) is 18.1 Å². The maximum Gasteiger partial charge on any atom is 0.323 e. The molecule has 0 aliphatic carbocycles. The van der Waals surface area contributed by atoms with Crippen LogP contribution in [0.15, 0.2) is 36.5 Å². The maximum absolute atomic E-state index is 11.0. The van der Waals surface area contributed by atoms with E-state index in [1.165, 1.54) is 0 Å². The molecule has 1 heterocycles. The van der Waals surface area contributed by atoms with Gasteiger partial charge >= 0.3 is 5.97 Å². The van der Waals surface area contributed by atoms with Gasteiger partial charge in [-0.05, 0) is 25.5 Å². The van der Waals surface area contributed by atoms with E-state index in [9.17, 15) is 4.79 Å². The van der Waals surface area contributed by atoms with Gasteiger partial charge in [-0.3, -0.25) is 15.1 Å². The number of carbonyl (C=O) groups is 1. The average Bonchev–Trinajstić information content (AvgIpc) is 2.36. The van der Waals surface area contributed by atoms with Gasteiger partial charge in [0.1, 0.15) is 5.54 Å². The minimum absolute atomic E-state index is 0.480. The summed E-state index contributed by atoms with van der Waals surface area (Å²) in [5.74, 6) is -0.865. The number of aromatic nitrogens is 1. The maximum atomic E-state index is 11.0. The second-order valence-corrected chi connectivity index (χ2v) is 4.78. The van der Waals surface area contributed by atoms with Crippen molar-refractivity contribution in [3.8, 4) is 0 Å². The van der Waals surface area contributed by atoms with Crippen LogP contribution in [0.3, 0.4) is 0 Å². The van der Waals surface area contributed by atoms with Crippen LogP contribution in [0.2, 0.25) is 0 Å². The molecule has 4 heteroatoms. The van der Waals surface area contributed by atoms with Crippen LogP contribution in [0.5, 0.6) is 0 Å². The van der Waals surface area contributed by atoms with Crippen LogP contribution < -0.4 is 5.32 Å². The van der Waals surface area contributed by atoms with Crippen LogP contribution in [-0.4, -0.2) is 21.6 Å². The van der Waals surface area contributed by atoms with Gasteiger partial charge in [-0.2, -0.15) is 0 Å². The van der Waals surface area contributed by atoms with E-state index in [4.69, 9.17) is 5.11 Å². The van der Waals surface area contributed by atoms with Crippen LogP contribution in [0.4, 0.5) is 0 Å². The molecule has 2 rings (SSSR count). The van der Waals surface area contributed by atoms with Gasteiger partial charge in [-0.1, -0.05) is 24.3 Å². The number of rotatable bonds is 4. The first-order valence-corrected chi connectivity index (χ1v) is 5.82. The molecule has 0 unspecified atom stereocenters. The fraction of sp³-hybridized carbons (Fsp3) is 0.286. The number of fused-ring (bicyclic) bond motifs is 1. The van der Waals surface area contributed by atoms with E-state index in [0.29, 0.717) is 6.54 Å². The lowest BCUT2D eigenvalue weighted by Gasteiger charge is -2.21. The number of para-hydroxylation sites is 1. The van der Waals surface area contributed by atoms with Crippen molar-refractivity contribution in [2.24, 2.45) is 0 Å². The summed E-state index contributed by atoms with van der Waals surface area (Å²) in [4.78, 5) is 15.4. The molecule has 0 radical (unpaired) electrons. The standard InChI is InChI=1S/C14H16N2O2/c1-14(2,13(17)18)16-9-11-6-3-5-10-7-4-8-15-12(10)11/h3-8,16H,9H2,1-2H3,(H,17,18). The molecule has 0 atom stereocenters. The molecule has 18 heavy (non-hydrogen) atoms. The van der Waals surface area contributed by atoms with Crippen LogP contribution in [0.1, 0.15) is 19.4 Å². The molecular weight excluding hydrogens is 228 g/mol. The van der Waals surface area contributed by atoms with E-state index < -0.39 is 11.5 Å². The van der Waals surface area contributed by atoms with E-state index in [1.54, 1.807) is 20.0 Å². The highest BCUT2D eigenvalue weighted by Crippen LogP contribution is 2.16. The van der Waals surface area contributed by atoms with Crippen molar-refractivity contribution < 1.29 is 9.90 Å². The van der Waals surface area contributed by atoms with Crippen LogP contribution >= 0.6 is 0 Å². The summed E-state index contributed by atoms with van der Waals surface area (Å²) in [7, 11) is 0. The number of pyridine rings is 1. The van der Waals surface area contributed by atoms with Gasteiger partial charge < -0.3 is 5.11 Å². The fourth-order valence-electron chi connectivity index (χ4n) is 1.70. The summed E-state index contributed by atoms with van der Waals surface area (Å²) in [6.07, 6.45) is 1.74. The van der Waals surface area contributed by atoms with Crippen molar-refractivity contribution in [2.75, 3.05) is 0 Å². The molecule has 94 valence electrons. The summed E-state index contributed by atoms with van der Waals surface area (Å²) in [5.41, 5.74) is 0.966. The van der Waals surface area contributed by atoms with Crippen LogP contribution in [0.25, 0.3) is 10.9 Å². The van der Waals surface area contributed by atoms with E-state index >= 15 is 0 Å². The normalized spacial score (nSPS) is 11.7. The number of hydrogen-bond acceptors (Lipinski definition) is 3. The third kappa shape index (κ3) is 2.49. The molecule has 0 aliphatic rings. The SMILES string of the molecule is CC(C)(NCc1cccc2cccnc12)C(=O)O. The third-order valence-electron chi connectivity index (χ3n) is 2.97. The Morgan fingerprint density at radius 3 is 2.78 bits per heavy atom. The summed E-state index contributed by atoms with van der Waals surface area (Å²) >= 11 is 0. The molecule has 2 N–H and O–H groups in total. The van der Waals surface area contributed by atoms with E-state index in [0.717, 1.165) is 16.5 Å². The monoisotopic (exact) mass is 244 g/mol. The van der Waals surface area contributed by atoms with Crippen molar-refractivity contribution in [3.63, 3.8) is 0 Å². The number of benzene rings is 1. The van der Waals surface area contributed by atoms with Crippen LogP contribution in [0, 0.1) is 0 Å². The Kier molecular flexibility index (Phi) is 3.30. The van der Waals surface area contributed by atoms with Crippen LogP contribution in [-0.2, 0) is 11.3 Å². The van der Waals surface area contributed by atoms with Gasteiger partial charge in [0.25, 0.3) is 0 Å². The predicted molar refractivity (Wildman–Crippen MR) is 70.3 cm³/mol. The second kappa shape index (κ2) is 4.74. The zero-order valence-corrected chi connectivity index (χ0v) is 10.5. The molecule has 0 spiro atoms. The Morgan fingerprint density at radius 1 is 1.33 bits per heavy atom. The van der Waals surface area contributed by atoms with Gasteiger partial charge in [0.05, 0.1) is 5.52 Å². The topological polar surface area (TPSA) is 62.2 Å². The first-order chi connectivity index (χ1) is 8.50. The molecule has 0 bridgehead atoms. The zero-order valence-electron chi connectivity index (χ0n) is 10.5. The van der Waals surface area contributed by atoms with E-state index in [1.807, 2.05) is 30.3 Å². The van der Waals surface area contributed by atoms with Crippen molar-refractivity contribution in [3.05, 3.63) is 42.1 Å². The first kappa shape index (κ1) is 12.5. The Morgan fingerprint density at radius 2 is 2.06 bits per heavy atom. The summed E-state index contributed by atoms with van der Waals surface area (Å²) in [6.45, 7) is 3.77. The molecule has 4 nitrogen and oxygen atoms in total. The molecule has 0 aliphatic heterocycles. The smallest absolute Gasteiger partial charge is 0.323 e. The quantitative estimate of drug-likeness (QED) is 0.865. The van der Waals surface area contributed by atoms with Crippen molar-refractivity contribution in [2.45, 2.75) is 25.9 Å². The molecule has 0 fully saturated rings. The molecule has 1 aromatic carbocycles. The fourth-order valence-corrected chi connectivity index (χ4v) is 1.70. The molecule has 0 saturated heterocycles. The summed E-state index contributed by atoms with van der Waals surface area (Å²) in [6, 6.07) is 9.79. The number of carboxylic acid groups (broad SMARTS) is 1. The average molecular weight is 244 g/mol. The first-order valence-electron chi connectivity index (χ1n) is 5.82. The predicted octanol–water partition coefficient (Wildman–Crippen LogP) is 2.19. The Labute approximate surface area is 106 Å². The summed E-state index contributed by atoms with van der Waals surface area (Å²) in [5, 5.41) is 13.1. The molecule has 0 saturated carbocycles. The van der Waals surface area contributed by atoms with Crippen molar-refractivity contribution in [1.29, 1.82) is 0 Å². The van der Waals surface area contributed by atoms with E-state index in [2.05, 4.69) is 10.3 Å². The summed E-state index contributed by atoms with van der Waals surface area (Å²) < 4.78 is 0. The van der Waals surface area contributed by atoms with Gasteiger partial charge in [0.2, 0.25) is 0 Å². The van der Waals surface area contributed by atoms with Crippen molar-refractivity contribution >= 4 is 16.9 Å². The Balaban J connectivity index is 2.25. The minimum Gasteiger partial charge on any atom is -0.480 e. The van der Waals surface area contributed by atoms with Gasteiger partial charge in [-0.25, -0.2) is 0 Å². The second-order valence-electron chi connectivity index (χ2n) is 4.78.